The largest absolute Gasteiger partial charge is 0.389 e. The van der Waals surface area contributed by atoms with Gasteiger partial charge in [0.05, 0.1) is 11.7 Å². The van der Waals surface area contributed by atoms with Gasteiger partial charge < -0.3 is 9.84 Å². The third-order valence-electron chi connectivity index (χ3n) is 3.23. The molecule has 0 bridgehead atoms. The quantitative estimate of drug-likeness (QED) is 0.781. The van der Waals surface area contributed by atoms with Gasteiger partial charge in [0.25, 0.3) is 0 Å². The van der Waals surface area contributed by atoms with Gasteiger partial charge in [0.15, 0.2) is 0 Å². The van der Waals surface area contributed by atoms with E-state index in [2.05, 4.69) is 0 Å². The molecule has 0 spiro atoms. The maximum absolute atomic E-state index is 10.1. The molecule has 0 aromatic heterocycles. The molecule has 0 aromatic rings. The van der Waals surface area contributed by atoms with Gasteiger partial charge in [-0.05, 0) is 25.7 Å². The first kappa shape index (κ1) is 10.8. The van der Waals surface area contributed by atoms with E-state index >= 15 is 0 Å². The lowest BCUT2D eigenvalue weighted by molar-refractivity contribution is 0.0729. The molecule has 82 valence electrons. The van der Waals surface area contributed by atoms with Crippen LogP contribution in [0.4, 0.5) is 0 Å². The molecule has 2 fully saturated rings. The van der Waals surface area contributed by atoms with E-state index in [4.69, 9.17) is 4.74 Å². The molecule has 0 aromatic carbocycles. The van der Waals surface area contributed by atoms with Crippen molar-refractivity contribution < 1.29 is 9.84 Å². The summed E-state index contributed by atoms with van der Waals surface area (Å²) in [4.78, 5) is 0. The summed E-state index contributed by atoms with van der Waals surface area (Å²) >= 11 is 1.87. The first-order valence-electron chi connectivity index (χ1n) is 5.70. The Bertz CT molecular complexity index is 172. The molecule has 2 nitrogen and oxygen atoms in total. The van der Waals surface area contributed by atoms with Crippen molar-refractivity contribution >= 4 is 11.8 Å². The standard InChI is InChI=1S/C11H20O2S/c12-11(5-1-2-6-11)9-14-8-10-4-3-7-13-10/h10,12H,1-9H2. The maximum Gasteiger partial charge on any atom is 0.0737 e. The van der Waals surface area contributed by atoms with Crippen LogP contribution in [0.3, 0.4) is 0 Å². The zero-order valence-corrected chi connectivity index (χ0v) is 9.52. The minimum absolute atomic E-state index is 0.344. The van der Waals surface area contributed by atoms with E-state index in [1.807, 2.05) is 11.8 Å². The minimum atomic E-state index is -0.344. The fraction of sp³-hybridized carbons (Fsp3) is 1.00. The molecule has 1 aliphatic carbocycles. The van der Waals surface area contributed by atoms with Crippen LogP contribution in [0.25, 0.3) is 0 Å². The van der Waals surface area contributed by atoms with Crippen LogP contribution in [0.1, 0.15) is 38.5 Å². The second-order valence-electron chi connectivity index (χ2n) is 4.58. The van der Waals surface area contributed by atoms with E-state index in [1.54, 1.807) is 0 Å². The van der Waals surface area contributed by atoms with Gasteiger partial charge in [0.2, 0.25) is 0 Å². The highest BCUT2D eigenvalue weighted by atomic mass is 32.2. The smallest absolute Gasteiger partial charge is 0.0737 e. The summed E-state index contributed by atoms with van der Waals surface area (Å²) < 4.78 is 5.55. The zero-order chi connectivity index (χ0) is 9.86. The highest BCUT2D eigenvalue weighted by Gasteiger charge is 2.31. The van der Waals surface area contributed by atoms with Crippen molar-refractivity contribution in [1.82, 2.24) is 0 Å². The van der Waals surface area contributed by atoms with Crippen molar-refractivity contribution in [3.05, 3.63) is 0 Å². The molecule has 1 unspecified atom stereocenters. The summed E-state index contributed by atoms with van der Waals surface area (Å²) in [5, 5.41) is 10.1. The van der Waals surface area contributed by atoms with Crippen molar-refractivity contribution in [2.24, 2.45) is 0 Å². The van der Waals surface area contributed by atoms with Crippen LogP contribution < -0.4 is 0 Å². The molecule has 2 rings (SSSR count). The highest BCUT2D eigenvalue weighted by Crippen LogP contribution is 2.33. The second kappa shape index (κ2) is 4.86. The maximum atomic E-state index is 10.1. The number of aliphatic hydroxyl groups is 1. The SMILES string of the molecule is OC1(CSCC2CCCO2)CCCC1. The topological polar surface area (TPSA) is 29.5 Å². The minimum Gasteiger partial charge on any atom is -0.389 e. The van der Waals surface area contributed by atoms with Crippen LogP contribution in [0.15, 0.2) is 0 Å². The molecule has 1 saturated carbocycles. The Balaban J connectivity index is 1.61. The summed E-state index contributed by atoms with van der Waals surface area (Å²) in [7, 11) is 0. The van der Waals surface area contributed by atoms with Crippen molar-refractivity contribution in [3.8, 4) is 0 Å². The van der Waals surface area contributed by atoms with Crippen LogP contribution in [0.5, 0.6) is 0 Å². The number of hydrogen-bond acceptors (Lipinski definition) is 3. The van der Waals surface area contributed by atoms with Crippen LogP contribution in [-0.4, -0.2) is 34.9 Å². The molecule has 1 N–H and O–H groups in total. The Morgan fingerprint density at radius 3 is 2.71 bits per heavy atom. The third kappa shape index (κ3) is 2.88. The van der Waals surface area contributed by atoms with Gasteiger partial charge in [-0.3, -0.25) is 0 Å². The molecule has 1 atom stereocenters. The van der Waals surface area contributed by atoms with Crippen molar-refractivity contribution in [2.75, 3.05) is 18.1 Å². The predicted octanol–water partition coefficient (Wildman–Crippen LogP) is 2.20. The normalized spacial score (nSPS) is 31.1. The Kier molecular flexibility index (Phi) is 3.74. The van der Waals surface area contributed by atoms with Gasteiger partial charge >= 0.3 is 0 Å². The Morgan fingerprint density at radius 1 is 1.29 bits per heavy atom. The van der Waals surface area contributed by atoms with Gasteiger partial charge in [0, 0.05) is 18.1 Å². The van der Waals surface area contributed by atoms with Gasteiger partial charge in [-0.2, -0.15) is 11.8 Å². The third-order valence-corrected chi connectivity index (χ3v) is 4.58. The molecule has 14 heavy (non-hydrogen) atoms. The number of rotatable bonds is 4. The van der Waals surface area contributed by atoms with E-state index in [1.165, 1.54) is 25.7 Å². The Morgan fingerprint density at radius 2 is 2.07 bits per heavy atom. The average Bonchev–Trinajstić information content (AvgIpc) is 2.77. The monoisotopic (exact) mass is 216 g/mol. The Labute approximate surface area is 90.4 Å². The lowest BCUT2D eigenvalue weighted by Crippen LogP contribution is -2.28. The van der Waals surface area contributed by atoms with Gasteiger partial charge in [-0.1, -0.05) is 12.8 Å². The summed E-state index contributed by atoms with van der Waals surface area (Å²) in [5.41, 5.74) is -0.344. The van der Waals surface area contributed by atoms with Crippen LogP contribution in [0.2, 0.25) is 0 Å². The number of hydrogen-bond donors (Lipinski definition) is 1. The van der Waals surface area contributed by atoms with Crippen molar-refractivity contribution in [2.45, 2.75) is 50.2 Å². The lowest BCUT2D eigenvalue weighted by atomic mass is 10.1. The fourth-order valence-electron chi connectivity index (χ4n) is 2.33. The first-order valence-corrected chi connectivity index (χ1v) is 6.86. The number of ether oxygens (including phenoxy) is 1. The summed E-state index contributed by atoms with van der Waals surface area (Å²) in [5.74, 6) is 1.98. The van der Waals surface area contributed by atoms with Crippen molar-refractivity contribution in [1.29, 1.82) is 0 Å². The average molecular weight is 216 g/mol. The molecule has 1 heterocycles. The summed E-state index contributed by atoms with van der Waals surface area (Å²) in [6.45, 7) is 0.940. The molecular weight excluding hydrogens is 196 g/mol. The number of thioether (sulfide) groups is 1. The lowest BCUT2D eigenvalue weighted by Gasteiger charge is -2.22. The molecule has 0 radical (unpaired) electrons. The molecular formula is C11H20O2S. The fourth-order valence-corrected chi connectivity index (χ4v) is 3.65. The van der Waals surface area contributed by atoms with Gasteiger partial charge in [-0.25, -0.2) is 0 Å². The molecule has 0 amide bonds. The Hall–Kier alpha value is 0.270. The van der Waals surface area contributed by atoms with Gasteiger partial charge in [0.1, 0.15) is 0 Å². The first-order chi connectivity index (χ1) is 6.79. The zero-order valence-electron chi connectivity index (χ0n) is 8.71. The van der Waals surface area contributed by atoms with Crippen molar-refractivity contribution in [3.63, 3.8) is 0 Å². The van der Waals surface area contributed by atoms with Crippen LogP contribution >= 0.6 is 11.8 Å². The van der Waals surface area contributed by atoms with E-state index in [0.717, 1.165) is 31.0 Å². The molecule has 3 heteroatoms. The van der Waals surface area contributed by atoms with Crippen LogP contribution in [0, 0.1) is 0 Å². The van der Waals surface area contributed by atoms with E-state index in [9.17, 15) is 5.11 Å². The highest BCUT2D eigenvalue weighted by molar-refractivity contribution is 7.99. The summed E-state index contributed by atoms with van der Waals surface area (Å²) in [6.07, 6.45) is 7.32. The van der Waals surface area contributed by atoms with Crippen LogP contribution in [-0.2, 0) is 4.74 Å². The van der Waals surface area contributed by atoms with E-state index < -0.39 is 0 Å². The van der Waals surface area contributed by atoms with Gasteiger partial charge in [-0.15, -0.1) is 0 Å². The molecule has 1 saturated heterocycles. The molecule has 2 aliphatic rings. The van der Waals surface area contributed by atoms with E-state index in [0.29, 0.717) is 6.10 Å². The van der Waals surface area contributed by atoms with E-state index in [-0.39, 0.29) is 5.60 Å². The molecule has 1 aliphatic heterocycles. The summed E-state index contributed by atoms with van der Waals surface area (Å²) in [6, 6.07) is 0. The second-order valence-corrected chi connectivity index (χ2v) is 5.61. The predicted molar refractivity (Wildman–Crippen MR) is 59.7 cm³/mol.